The largest absolute Gasteiger partial charge is 0.490 e. The van der Waals surface area contributed by atoms with Crippen LogP contribution < -0.4 is 14.8 Å². The van der Waals surface area contributed by atoms with Gasteiger partial charge in [-0.3, -0.25) is 0 Å². The molecule has 3 rings (SSSR count). The molecule has 26 heavy (non-hydrogen) atoms. The van der Waals surface area contributed by atoms with Gasteiger partial charge in [0.25, 0.3) is 0 Å². The van der Waals surface area contributed by atoms with E-state index in [1.807, 2.05) is 62.4 Å². The highest BCUT2D eigenvalue weighted by molar-refractivity contribution is 7.18. The molecule has 0 saturated carbocycles. The van der Waals surface area contributed by atoms with E-state index in [2.05, 4.69) is 22.4 Å². The molecule has 1 N–H and O–H groups in total. The fraction of sp³-hybridized carbons (Fsp3) is 0.300. The molecular weight excluding hydrogens is 346 g/mol. The van der Waals surface area contributed by atoms with Crippen LogP contribution >= 0.6 is 11.3 Å². The first-order chi connectivity index (χ1) is 12.7. The monoisotopic (exact) mass is 369 g/mol. The Hall–Kier alpha value is -2.60. The summed E-state index contributed by atoms with van der Waals surface area (Å²) in [7, 11) is 0. The summed E-state index contributed by atoms with van der Waals surface area (Å²) in [6, 6.07) is 16.2. The van der Waals surface area contributed by atoms with Crippen LogP contribution in [-0.4, -0.2) is 23.4 Å². The minimum atomic E-state index is 0.0708. The van der Waals surface area contributed by atoms with Crippen LogP contribution in [0.4, 0.5) is 5.13 Å². The highest BCUT2D eigenvalue weighted by Gasteiger charge is 2.13. The van der Waals surface area contributed by atoms with Gasteiger partial charge in [0.2, 0.25) is 5.13 Å². The highest BCUT2D eigenvalue weighted by atomic mass is 32.1. The summed E-state index contributed by atoms with van der Waals surface area (Å²) >= 11 is 1.55. The maximum Gasteiger partial charge on any atom is 0.206 e. The quantitative estimate of drug-likeness (QED) is 0.593. The van der Waals surface area contributed by atoms with Gasteiger partial charge in [-0.1, -0.05) is 47.7 Å². The average Bonchev–Trinajstić information content (AvgIpc) is 3.13. The van der Waals surface area contributed by atoms with Crippen molar-refractivity contribution in [1.29, 1.82) is 0 Å². The molecule has 1 atom stereocenters. The molecule has 3 aromatic rings. The first kappa shape index (κ1) is 18.2. The molecule has 1 aromatic heterocycles. The third kappa shape index (κ3) is 4.32. The summed E-state index contributed by atoms with van der Waals surface area (Å²) in [6.07, 6.45) is 0. The van der Waals surface area contributed by atoms with Gasteiger partial charge in [0.05, 0.1) is 19.3 Å². The van der Waals surface area contributed by atoms with E-state index in [9.17, 15) is 0 Å². The highest BCUT2D eigenvalue weighted by Crippen LogP contribution is 2.33. The number of benzene rings is 2. The third-order valence-electron chi connectivity index (χ3n) is 3.85. The number of nitrogens with zero attached hydrogens (tertiary/aromatic N) is 2. The Bertz CT molecular complexity index is 836. The van der Waals surface area contributed by atoms with Crippen molar-refractivity contribution >= 4 is 16.5 Å². The molecule has 0 aliphatic heterocycles. The molecule has 1 unspecified atom stereocenters. The number of aromatic nitrogens is 2. The van der Waals surface area contributed by atoms with Gasteiger partial charge in [0, 0.05) is 5.56 Å². The Morgan fingerprint density at radius 2 is 1.69 bits per heavy atom. The fourth-order valence-corrected chi connectivity index (χ4v) is 3.42. The number of rotatable bonds is 8. The van der Waals surface area contributed by atoms with Crippen molar-refractivity contribution in [1.82, 2.24) is 10.2 Å². The van der Waals surface area contributed by atoms with E-state index in [4.69, 9.17) is 9.47 Å². The Labute approximate surface area is 158 Å². The smallest absolute Gasteiger partial charge is 0.206 e. The van der Waals surface area contributed by atoms with Crippen LogP contribution in [0.15, 0.2) is 48.5 Å². The topological polar surface area (TPSA) is 56.3 Å². The molecule has 0 radical (unpaired) electrons. The van der Waals surface area contributed by atoms with Crippen LogP contribution in [0.1, 0.15) is 32.4 Å². The number of ether oxygens (including phenoxy) is 2. The van der Waals surface area contributed by atoms with E-state index in [0.717, 1.165) is 32.8 Å². The summed E-state index contributed by atoms with van der Waals surface area (Å²) in [6.45, 7) is 7.24. The van der Waals surface area contributed by atoms with Crippen molar-refractivity contribution in [3.8, 4) is 22.1 Å². The molecule has 0 aliphatic carbocycles. The van der Waals surface area contributed by atoms with Crippen LogP contribution in [0.3, 0.4) is 0 Å². The minimum Gasteiger partial charge on any atom is -0.490 e. The lowest BCUT2D eigenvalue weighted by Crippen LogP contribution is -2.07. The van der Waals surface area contributed by atoms with Gasteiger partial charge in [-0.05, 0) is 38.5 Å². The average molecular weight is 369 g/mol. The van der Waals surface area contributed by atoms with E-state index < -0.39 is 0 Å². The predicted molar refractivity (Wildman–Crippen MR) is 106 cm³/mol. The summed E-state index contributed by atoms with van der Waals surface area (Å²) in [5.41, 5.74) is 2.18. The molecule has 0 aliphatic rings. The standard InChI is InChI=1S/C20H23N3O2S/c1-4-24-17-12-11-16(13-18(17)25-5-2)14(3)21-20-23-22-19(26-20)15-9-7-6-8-10-15/h6-14H,4-5H2,1-3H3,(H,21,23). The van der Waals surface area contributed by atoms with Crippen LogP contribution in [0.2, 0.25) is 0 Å². The number of anilines is 1. The Morgan fingerprint density at radius 1 is 0.962 bits per heavy atom. The van der Waals surface area contributed by atoms with Crippen LogP contribution in [-0.2, 0) is 0 Å². The van der Waals surface area contributed by atoms with E-state index >= 15 is 0 Å². The number of nitrogens with one attached hydrogen (secondary N) is 1. The van der Waals surface area contributed by atoms with Crippen molar-refractivity contribution in [3.05, 3.63) is 54.1 Å². The third-order valence-corrected chi connectivity index (χ3v) is 4.76. The van der Waals surface area contributed by atoms with E-state index in [0.29, 0.717) is 13.2 Å². The zero-order chi connectivity index (χ0) is 18.4. The molecule has 0 spiro atoms. The van der Waals surface area contributed by atoms with Crippen molar-refractivity contribution in [2.75, 3.05) is 18.5 Å². The zero-order valence-corrected chi connectivity index (χ0v) is 16.0. The maximum absolute atomic E-state index is 5.71. The molecule has 0 saturated heterocycles. The molecule has 5 nitrogen and oxygen atoms in total. The van der Waals surface area contributed by atoms with Crippen molar-refractivity contribution in [2.45, 2.75) is 26.8 Å². The normalized spacial score (nSPS) is 11.8. The molecule has 0 bridgehead atoms. The van der Waals surface area contributed by atoms with Crippen LogP contribution in [0, 0.1) is 0 Å². The molecule has 1 heterocycles. The lowest BCUT2D eigenvalue weighted by Gasteiger charge is -2.16. The lowest BCUT2D eigenvalue weighted by atomic mass is 10.1. The number of hydrogen-bond donors (Lipinski definition) is 1. The van der Waals surface area contributed by atoms with Gasteiger partial charge in [0.15, 0.2) is 11.5 Å². The minimum absolute atomic E-state index is 0.0708. The summed E-state index contributed by atoms with van der Waals surface area (Å²) in [5, 5.41) is 13.7. The SMILES string of the molecule is CCOc1ccc(C(C)Nc2nnc(-c3ccccc3)s2)cc1OCC. The molecule has 0 fully saturated rings. The second-order valence-corrected chi connectivity index (χ2v) is 6.69. The molecular formula is C20H23N3O2S. The van der Waals surface area contributed by atoms with E-state index in [1.165, 1.54) is 0 Å². The van der Waals surface area contributed by atoms with Crippen molar-refractivity contribution in [2.24, 2.45) is 0 Å². The Morgan fingerprint density at radius 3 is 2.42 bits per heavy atom. The zero-order valence-electron chi connectivity index (χ0n) is 15.2. The lowest BCUT2D eigenvalue weighted by molar-refractivity contribution is 0.287. The first-order valence-electron chi connectivity index (χ1n) is 8.76. The molecule has 0 amide bonds. The van der Waals surface area contributed by atoms with Gasteiger partial charge in [-0.25, -0.2) is 0 Å². The van der Waals surface area contributed by atoms with Gasteiger partial charge in [0.1, 0.15) is 5.01 Å². The predicted octanol–water partition coefficient (Wildman–Crippen LogP) is 5.18. The van der Waals surface area contributed by atoms with Crippen molar-refractivity contribution in [3.63, 3.8) is 0 Å². The second-order valence-electron chi connectivity index (χ2n) is 5.72. The first-order valence-corrected chi connectivity index (χ1v) is 9.58. The summed E-state index contributed by atoms with van der Waals surface area (Å²) < 4.78 is 11.3. The van der Waals surface area contributed by atoms with Gasteiger partial charge in [-0.2, -0.15) is 0 Å². The van der Waals surface area contributed by atoms with Crippen LogP contribution in [0.5, 0.6) is 11.5 Å². The van der Waals surface area contributed by atoms with E-state index in [-0.39, 0.29) is 6.04 Å². The Kier molecular flexibility index (Phi) is 6.07. The maximum atomic E-state index is 5.71. The fourth-order valence-electron chi connectivity index (χ4n) is 2.58. The van der Waals surface area contributed by atoms with Crippen LogP contribution in [0.25, 0.3) is 10.6 Å². The van der Waals surface area contributed by atoms with Gasteiger partial charge in [-0.15, -0.1) is 10.2 Å². The Balaban J connectivity index is 1.74. The summed E-state index contributed by atoms with van der Waals surface area (Å²) in [4.78, 5) is 0. The molecule has 2 aromatic carbocycles. The molecule has 136 valence electrons. The van der Waals surface area contributed by atoms with Gasteiger partial charge < -0.3 is 14.8 Å². The van der Waals surface area contributed by atoms with Gasteiger partial charge >= 0.3 is 0 Å². The van der Waals surface area contributed by atoms with E-state index in [1.54, 1.807) is 11.3 Å². The van der Waals surface area contributed by atoms with Crippen molar-refractivity contribution < 1.29 is 9.47 Å². The molecule has 6 heteroatoms. The summed E-state index contributed by atoms with van der Waals surface area (Å²) in [5.74, 6) is 1.54. The number of hydrogen-bond acceptors (Lipinski definition) is 6. The second kappa shape index (κ2) is 8.67.